The van der Waals surface area contributed by atoms with Crippen LogP contribution in [0.25, 0.3) is 11.1 Å². The first-order valence-electron chi connectivity index (χ1n) is 13.1. The zero-order chi connectivity index (χ0) is 28.4. The highest BCUT2D eigenvalue weighted by atomic mass is 32.2. The van der Waals surface area contributed by atoms with E-state index in [4.69, 9.17) is 9.47 Å². The van der Waals surface area contributed by atoms with Crippen LogP contribution in [-0.4, -0.2) is 28.6 Å². The molecular formula is C31H36FNO5S. The van der Waals surface area contributed by atoms with Crippen molar-refractivity contribution in [3.63, 3.8) is 0 Å². The van der Waals surface area contributed by atoms with Gasteiger partial charge in [0, 0.05) is 5.56 Å². The molecule has 0 aliphatic heterocycles. The van der Waals surface area contributed by atoms with Gasteiger partial charge in [-0.1, -0.05) is 57.2 Å². The zero-order valence-corrected chi connectivity index (χ0v) is 23.9. The van der Waals surface area contributed by atoms with Crippen molar-refractivity contribution in [2.24, 2.45) is 11.3 Å². The second-order valence-corrected chi connectivity index (χ2v) is 12.8. The predicted octanol–water partition coefficient (Wildman–Crippen LogP) is 7.41. The molecule has 8 heteroatoms. The summed E-state index contributed by atoms with van der Waals surface area (Å²) >= 11 is 0. The van der Waals surface area contributed by atoms with Crippen LogP contribution in [0.5, 0.6) is 5.75 Å². The van der Waals surface area contributed by atoms with E-state index in [1.807, 2.05) is 24.3 Å². The molecule has 6 nitrogen and oxygen atoms in total. The summed E-state index contributed by atoms with van der Waals surface area (Å²) in [6.07, 6.45) is 4.68. The van der Waals surface area contributed by atoms with Gasteiger partial charge >= 0.3 is 5.97 Å². The lowest BCUT2D eigenvalue weighted by molar-refractivity contribution is 0.0600. The molecule has 0 spiro atoms. The Balaban J connectivity index is 1.55. The van der Waals surface area contributed by atoms with Gasteiger partial charge in [0.05, 0.1) is 25.5 Å². The number of carbonyl (C=O) groups excluding carboxylic acids is 1. The fourth-order valence-corrected chi connectivity index (χ4v) is 6.56. The fraction of sp³-hybridized carbons (Fsp3) is 0.387. The standard InChI is InChI=1S/C31H36FNO5S/c1-31(2,3)24-16-13-21(14-17-24)20-9-11-22(12-10-20)25-7-6-8-28(29(25)32)39(35,36)33-26-18-15-23(30(34)38-5)19-27(26)37-4/h6-12,15,18-19,21,24,33H,13-14,16-17H2,1-5H3. The van der Waals surface area contributed by atoms with Gasteiger partial charge in [0.2, 0.25) is 0 Å². The fourth-order valence-electron chi connectivity index (χ4n) is 5.39. The first-order valence-corrected chi connectivity index (χ1v) is 14.6. The number of benzene rings is 3. The lowest BCUT2D eigenvalue weighted by atomic mass is 9.68. The van der Waals surface area contributed by atoms with Crippen LogP contribution in [-0.2, 0) is 14.8 Å². The minimum absolute atomic E-state index is 0.0699. The van der Waals surface area contributed by atoms with Gasteiger partial charge in [0.15, 0.2) is 5.82 Å². The van der Waals surface area contributed by atoms with Gasteiger partial charge in [0.25, 0.3) is 10.0 Å². The largest absolute Gasteiger partial charge is 0.495 e. The summed E-state index contributed by atoms with van der Waals surface area (Å²) < 4.78 is 54.4. The Hall–Kier alpha value is -3.39. The number of hydrogen-bond acceptors (Lipinski definition) is 5. The van der Waals surface area contributed by atoms with E-state index in [0.717, 1.165) is 18.8 Å². The van der Waals surface area contributed by atoms with Crippen molar-refractivity contribution >= 4 is 21.7 Å². The number of methoxy groups -OCH3 is 2. The van der Waals surface area contributed by atoms with Crippen molar-refractivity contribution in [1.29, 1.82) is 0 Å². The van der Waals surface area contributed by atoms with Gasteiger partial charge in [-0.05, 0) is 78.3 Å². The molecule has 3 aromatic carbocycles. The molecule has 1 aliphatic carbocycles. The van der Waals surface area contributed by atoms with Crippen molar-refractivity contribution < 1.29 is 27.1 Å². The molecule has 0 unspecified atom stereocenters. The predicted molar refractivity (Wildman–Crippen MR) is 151 cm³/mol. The van der Waals surface area contributed by atoms with Gasteiger partial charge in [-0.15, -0.1) is 0 Å². The molecule has 208 valence electrons. The molecule has 1 aliphatic rings. The van der Waals surface area contributed by atoms with E-state index in [0.29, 0.717) is 16.9 Å². The average Bonchev–Trinajstić information content (AvgIpc) is 2.92. The van der Waals surface area contributed by atoms with E-state index in [-0.39, 0.29) is 22.6 Å². The highest BCUT2D eigenvalue weighted by molar-refractivity contribution is 7.92. The van der Waals surface area contributed by atoms with E-state index in [2.05, 4.69) is 25.5 Å². The van der Waals surface area contributed by atoms with Gasteiger partial charge in [0.1, 0.15) is 10.6 Å². The van der Waals surface area contributed by atoms with Crippen molar-refractivity contribution in [3.8, 4) is 16.9 Å². The Kier molecular flexibility index (Phi) is 8.35. The third-order valence-electron chi connectivity index (χ3n) is 7.76. The Morgan fingerprint density at radius 2 is 1.62 bits per heavy atom. The molecule has 1 saturated carbocycles. The molecule has 0 aromatic heterocycles. The van der Waals surface area contributed by atoms with Crippen LogP contribution < -0.4 is 9.46 Å². The minimum Gasteiger partial charge on any atom is -0.495 e. The second kappa shape index (κ2) is 11.4. The monoisotopic (exact) mass is 553 g/mol. The SMILES string of the molecule is COC(=O)c1ccc(NS(=O)(=O)c2cccc(-c3ccc(C4CCC(C(C)(C)C)CC4)cc3)c2F)c(OC)c1. The third-order valence-corrected chi connectivity index (χ3v) is 9.15. The Morgan fingerprint density at radius 1 is 0.949 bits per heavy atom. The van der Waals surface area contributed by atoms with Crippen LogP contribution in [0.15, 0.2) is 65.6 Å². The summed E-state index contributed by atoms with van der Waals surface area (Å²) in [6, 6.07) is 16.2. The number of esters is 1. The number of anilines is 1. The van der Waals surface area contributed by atoms with Crippen molar-refractivity contribution in [2.75, 3.05) is 18.9 Å². The number of carbonyl (C=O) groups is 1. The molecule has 4 rings (SSSR count). The minimum atomic E-state index is -4.31. The first kappa shape index (κ1) is 28.6. The van der Waals surface area contributed by atoms with Gasteiger partial charge in [-0.2, -0.15) is 0 Å². The van der Waals surface area contributed by atoms with E-state index >= 15 is 4.39 Å². The maximum atomic E-state index is 15.7. The van der Waals surface area contributed by atoms with E-state index in [1.165, 1.54) is 63.0 Å². The number of nitrogens with one attached hydrogen (secondary N) is 1. The molecule has 0 saturated heterocycles. The third kappa shape index (κ3) is 6.27. The van der Waals surface area contributed by atoms with Crippen molar-refractivity contribution in [3.05, 3.63) is 77.6 Å². The number of sulfonamides is 1. The van der Waals surface area contributed by atoms with E-state index in [1.54, 1.807) is 6.07 Å². The van der Waals surface area contributed by atoms with E-state index in [9.17, 15) is 13.2 Å². The summed E-state index contributed by atoms with van der Waals surface area (Å²) in [6.45, 7) is 6.92. The Labute approximate surface area is 230 Å². The maximum Gasteiger partial charge on any atom is 0.337 e. The van der Waals surface area contributed by atoms with Gasteiger partial charge in [-0.3, -0.25) is 4.72 Å². The molecule has 3 aromatic rings. The second-order valence-electron chi connectivity index (χ2n) is 11.2. The van der Waals surface area contributed by atoms with E-state index < -0.39 is 26.7 Å². The molecule has 0 amide bonds. The van der Waals surface area contributed by atoms with Crippen LogP contribution in [0, 0.1) is 17.2 Å². The van der Waals surface area contributed by atoms with Crippen LogP contribution >= 0.6 is 0 Å². The lowest BCUT2D eigenvalue weighted by Gasteiger charge is -2.37. The summed E-state index contributed by atoms with van der Waals surface area (Å²) in [5, 5.41) is 0. The quantitative estimate of drug-likeness (QED) is 0.308. The topological polar surface area (TPSA) is 81.7 Å². The zero-order valence-electron chi connectivity index (χ0n) is 23.1. The van der Waals surface area contributed by atoms with Crippen LogP contribution in [0.4, 0.5) is 10.1 Å². The summed E-state index contributed by atoms with van der Waals surface area (Å²) in [4.78, 5) is 11.3. The Bertz CT molecular complexity index is 1440. The van der Waals surface area contributed by atoms with Gasteiger partial charge < -0.3 is 9.47 Å². The highest BCUT2D eigenvalue weighted by Crippen LogP contribution is 2.43. The molecule has 1 N–H and O–H groups in total. The smallest absolute Gasteiger partial charge is 0.337 e. The molecule has 1 fully saturated rings. The molecule has 0 atom stereocenters. The molecule has 0 radical (unpaired) electrons. The van der Waals surface area contributed by atoms with Crippen LogP contribution in [0.2, 0.25) is 0 Å². The highest BCUT2D eigenvalue weighted by Gasteiger charge is 2.30. The summed E-state index contributed by atoms with van der Waals surface area (Å²) in [5.74, 6) is -0.117. The summed E-state index contributed by atoms with van der Waals surface area (Å²) in [5.41, 5.74) is 2.63. The Morgan fingerprint density at radius 3 is 2.21 bits per heavy atom. The normalized spacial score (nSPS) is 17.9. The first-order chi connectivity index (χ1) is 18.4. The van der Waals surface area contributed by atoms with Crippen LogP contribution in [0.1, 0.15) is 68.3 Å². The van der Waals surface area contributed by atoms with Gasteiger partial charge in [-0.25, -0.2) is 17.6 Å². The molecule has 0 heterocycles. The molecular weight excluding hydrogens is 517 g/mol. The lowest BCUT2D eigenvalue weighted by Crippen LogP contribution is -2.25. The summed E-state index contributed by atoms with van der Waals surface area (Å²) in [7, 11) is -1.72. The average molecular weight is 554 g/mol. The molecule has 0 bridgehead atoms. The van der Waals surface area contributed by atoms with Crippen LogP contribution in [0.3, 0.4) is 0 Å². The number of halogens is 1. The maximum absolute atomic E-state index is 15.7. The number of hydrogen-bond donors (Lipinski definition) is 1. The van der Waals surface area contributed by atoms with Crippen molar-refractivity contribution in [1.82, 2.24) is 0 Å². The van der Waals surface area contributed by atoms with Crippen molar-refractivity contribution in [2.45, 2.75) is 57.3 Å². The number of ether oxygens (including phenoxy) is 2. The number of rotatable bonds is 7. The molecule has 39 heavy (non-hydrogen) atoms.